The number of amides is 2. The van der Waals surface area contributed by atoms with E-state index in [2.05, 4.69) is 10.6 Å². The Bertz CT molecular complexity index is 958. The molecular formula is C23H25N3O3. The maximum Gasteiger partial charge on any atom is 0.323 e. The summed E-state index contributed by atoms with van der Waals surface area (Å²) < 4.78 is 5.76. The molecule has 2 aliphatic carbocycles. The first kappa shape index (κ1) is 18.0. The van der Waals surface area contributed by atoms with Gasteiger partial charge in [-0.1, -0.05) is 25.0 Å². The van der Waals surface area contributed by atoms with Crippen molar-refractivity contribution in [1.29, 1.82) is 0 Å². The molecule has 1 fully saturated rings. The smallest absolute Gasteiger partial charge is 0.323 e. The van der Waals surface area contributed by atoms with Crippen LogP contribution < -0.4 is 15.5 Å². The third-order valence-corrected chi connectivity index (χ3v) is 6.15. The number of urea groups is 1. The number of Topliss-reactive ketones (excluding diaryl/α,β-unsaturated/α-hetero) is 1. The normalized spacial score (nSPS) is 22.0. The molecule has 3 aliphatic rings. The van der Waals surface area contributed by atoms with Crippen molar-refractivity contribution >= 4 is 23.2 Å². The fraction of sp³-hybridized carbons (Fsp3) is 0.391. The summed E-state index contributed by atoms with van der Waals surface area (Å²) in [6, 6.07) is 10.8. The Morgan fingerprint density at radius 2 is 1.90 bits per heavy atom. The first-order valence-corrected chi connectivity index (χ1v) is 10.5. The molecule has 0 bridgehead atoms. The maximum absolute atomic E-state index is 13.6. The summed E-state index contributed by atoms with van der Waals surface area (Å²) in [5.41, 5.74) is 3.13. The molecule has 1 saturated carbocycles. The van der Waals surface area contributed by atoms with E-state index < -0.39 is 6.04 Å². The van der Waals surface area contributed by atoms with Gasteiger partial charge in [-0.05, 0) is 49.9 Å². The lowest BCUT2D eigenvalue weighted by atomic mass is 9.88. The lowest BCUT2D eigenvalue weighted by Gasteiger charge is -2.33. The molecule has 6 nitrogen and oxygen atoms in total. The van der Waals surface area contributed by atoms with Crippen molar-refractivity contribution in [2.75, 3.05) is 10.2 Å². The van der Waals surface area contributed by atoms with Crippen molar-refractivity contribution in [3.8, 4) is 0 Å². The molecule has 1 aromatic heterocycles. The van der Waals surface area contributed by atoms with Crippen LogP contribution in [0.2, 0.25) is 0 Å². The zero-order chi connectivity index (χ0) is 19.8. The van der Waals surface area contributed by atoms with Crippen molar-refractivity contribution in [2.45, 2.75) is 57.0 Å². The van der Waals surface area contributed by atoms with Crippen LogP contribution in [0.15, 0.2) is 58.3 Å². The number of fused-ring (bicyclic) bond motifs is 1. The number of carbonyl (C=O) groups excluding carboxylic acids is 2. The number of nitrogens with one attached hydrogen (secondary N) is 2. The number of hydrogen-bond acceptors (Lipinski definition) is 4. The Kier molecular flexibility index (Phi) is 4.62. The standard InChI is InChI=1S/C23H25N3O3/c27-19-12-5-10-17-21(19)22(20-13-6-14-29-20)26(18-11-4-3-9-16(18)25-17)23(28)24-15-7-1-2-8-15/h3-4,6,9,11,13-15,22,25H,1-2,5,7-8,10,12H2,(H,24,28). The maximum atomic E-state index is 13.6. The third-order valence-electron chi connectivity index (χ3n) is 6.15. The molecule has 0 saturated heterocycles. The molecule has 29 heavy (non-hydrogen) atoms. The quantitative estimate of drug-likeness (QED) is 0.763. The van der Waals surface area contributed by atoms with Gasteiger partial charge in [-0.15, -0.1) is 0 Å². The fourth-order valence-electron chi connectivity index (χ4n) is 4.79. The van der Waals surface area contributed by atoms with E-state index in [4.69, 9.17) is 4.42 Å². The summed E-state index contributed by atoms with van der Waals surface area (Å²) in [5.74, 6) is 0.680. The van der Waals surface area contributed by atoms with E-state index in [-0.39, 0.29) is 17.9 Å². The van der Waals surface area contributed by atoms with Crippen LogP contribution in [0.5, 0.6) is 0 Å². The largest absolute Gasteiger partial charge is 0.467 e. The van der Waals surface area contributed by atoms with Gasteiger partial charge in [0.1, 0.15) is 11.8 Å². The minimum atomic E-state index is -0.578. The molecule has 1 unspecified atom stereocenters. The molecule has 0 spiro atoms. The highest BCUT2D eigenvalue weighted by atomic mass is 16.3. The van der Waals surface area contributed by atoms with Crippen molar-refractivity contribution in [2.24, 2.45) is 0 Å². The molecule has 1 aliphatic heterocycles. The highest BCUT2D eigenvalue weighted by Crippen LogP contribution is 2.44. The second-order valence-corrected chi connectivity index (χ2v) is 8.03. The summed E-state index contributed by atoms with van der Waals surface area (Å²) in [4.78, 5) is 28.3. The average molecular weight is 391 g/mol. The summed E-state index contributed by atoms with van der Waals surface area (Å²) in [6.45, 7) is 0. The van der Waals surface area contributed by atoms with Crippen molar-refractivity contribution in [1.82, 2.24) is 5.32 Å². The van der Waals surface area contributed by atoms with Gasteiger partial charge in [0.15, 0.2) is 5.78 Å². The van der Waals surface area contributed by atoms with Gasteiger partial charge in [-0.25, -0.2) is 4.79 Å². The van der Waals surface area contributed by atoms with Crippen molar-refractivity contribution in [3.63, 3.8) is 0 Å². The predicted molar refractivity (Wildman–Crippen MR) is 111 cm³/mol. The Morgan fingerprint density at radius 1 is 1.07 bits per heavy atom. The number of para-hydroxylation sites is 2. The number of benzene rings is 1. The van der Waals surface area contributed by atoms with E-state index in [0.717, 1.165) is 55.6 Å². The monoisotopic (exact) mass is 391 g/mol. The van der Waals surface area contributed by atoms with Crippen LogP contribution in [0, 0.1) is 0 Å². The topological polar surface area (TPSA) is 74.6 Å². The second kappa shape index (κ2) is 7.43. The van der Waals surface area contributed by atoms with Gasteiger partial charge >= 0.3 is 6.03 Å². The molecular weight excluding hydrogens is 366 g/mol. The highest BCUT2D eigenvalue weighted by Gasteiger charge is 2.41. The molecule has 1 atom stereocenters. The van der Waals surface area contributed by atoms with E-state index in [1.807, 2.05) is 30.3 Å². The van der Waals surface area contributed by atoms with E-state index in [0.29, 0.717) is 17.8 Å². The lowest BCUT2D eigenvalue weighted by molar-refractivity contribution is -0.116. The first-order chi connectivity index (χ1) is 14.2. The molecule has 1 aromatic carbocycles. The van der Waals surface area contributed by atoms with Crippen LogP contribution in [0.4, 0.5) is 16.2 Å². The number of ketones is 1. The van der Waals surface area contributed by atoms with E-state index in [1.54, 1.807) is 17.2 Å². The van der Waals surface area contributed by atoms with Gasteiger partial charge in [0.2, 0.25) is 0 Å². The molecule has 2 heterocycles. The Balaban J connectivity index is 1.66. The molecule has 2 N–H and O–H groups in total. The average Bonchev–Trinajstić information content (AvgIpc) is 3.40. The highest BCUT2D eigenvalue weighted by molar-refractivity contribution is 6.05. The van der Waals surface area contributed by atoms with Gasteiger partial charge in [0.05, 0.1) is 17.6 Å². The van der Waals surface area contributed by atoms with Gasteiger partial charge in [-0.3, -0.25) is 9.69 Å². The molecule has 0 radical (unpaired) electrons. The van der Waals surface area contributed by atoms with Gasteiger partial charge < -0.3 is 15.1 Å². The van der Waals surface area contributed by atoms with Crippen LogP contribution in [-0.2, 0) is 4.79 Å². The SMILES string of the molecule is O=C1CCCC2=C1C(c1ccco1)N(C(=O)NC1CCCC1)c1ccccc1N2. The van der Waals surface area contributed by atoms with Crippen LogP contribution >= 0.6 is 0 Å². The number of nitrogens with zero attached hydrogens (tertiary/aromatic N) is 1. The predicted octanol–water partition coefficient (Wildman–Crippen LogP) is 4.91. The van der Waals surface area contributed by atoms with Crippen molar-refractivity contribution < 1.29 is 14.0 Å². The van der Waals surface area contributed by atoms with Crippen LogP contribution in [0.3, 0.4) is 0 Å². The third kappa shape index (κ3) is 3.22. The number of allylic oxidation sites excluding steroid dienone is 1. The van der Waals surface area contributed by atoms with Gasteiger partial charge in [0.25, 0.3) is 0 Å². The zero-order valence-corrected chi connectivity index (χ0v) is 16.3. The number of rotatable bonds is 2. The number of hydrogen-bond donors (Lipinski definition) is 2. The van der Waals surface area contributed by atoms with Crippen LogP contribution in [0.1, 0.15) is 56.7 Å². The van der Waals surface area contributed by atoms with E-state index >= 15 is 0 Å². The minimum Gasteiger partial charge on any atom is -0.467 e. The van der Waals surface area contributed by atoms with E-state index in [9.17, 15) is 9.59 Å². The van der Waals surface area contributed by atoms with Gasteiger partial charge in [0, 0.05) is 23.7 Å². The molecule has 2 amide bonds. The van der Waals surface area contributed by atoms with Crippen LogP contribution in [-0.4, -0.2) is 17.9 Å². The molecule has 6 heteroatoms. The summed E-state index contributed by atoms with van der Waals surface area (Å²) in [7, 11) is 0. The van der Waals surface area contributed by atoms with Gasteiger partial charge in [-0.2, -0.15) is 0 Å². The number of furan rings is 1. The molecule has 5 rings (SSSR count). The zero-order valence-electron chi connectivity index (χ0n) is 16.3. The molecule has 2 aromatic rings. The second-order valence-electron chi connectivity index (χ2n) is 8.03. The fourth-order valence-corrected chi connectivity index (χ4v) is 4.79. The number of carbonyl (C=O) groups is 2. The van der Waals surface area contributed by atoms with E-state index in [1.165, 1.54) is 0 Å². The number of anilines is 2. The summed E-state index contributed by atoms with van der Waals surface area (Å²) in [6.07, 6.45) is 7.95. The Hall–Kier alpha value is -3.02. The summed E-state index contributed by atoms with van der Waals surface area (Å²) >= 11 is 0. The Labute approximate surface area is 170 Å². The first-order valence-electron chi connectivity index (χ1n) is 10.5. The van der Waals surface area contributed by atoms with Crippen LogP contribution in [0.25, 0.3) is 0 Å². The lowest BCUT2D eigenvalue weighted by Crippen LogP contribution is -2.47. The summed E-state index contributed by atoms with van der Waals surface area (Å²) in [5, 5.41) is 6.66. The molecule has 150 valence electrons. The Morgan fingerprint density at radius 3 is 2.69 bits per heavy atom. The minimum absolute atomic E-state index is 0.0756. The van der Waals surface area contributed by atoms with Crippen molar-refractivity contribution in [3.05, 3.63) is 59.7 Å².